The van der Waals surface area contributed by atoms with Gasteiger partial charge in [-0.1, -0.05) is 0 Å². The highest BCUT2D eigenvalue weighted by Crippen LogP contribution is 2.24. The highest BCUT2D eigenvalue weighted by molar-refractivity contribution is 5.60. The molecule has 0 radical (unpaired) electrons. The van der Waals surface area contributed by atoms with E-state index >= 15 is 0 Å². The number of hydrogen-bond donors (Lipinski definition) is 0. The van der Waals surface area contributed by atoms with Crippen LogP contribution in [-0.4, -0.2) is 33.4 Å². The molecule has 7 heteroatoms. The molecule has 0 atom stereocenters. The Morgan fingerprint density at radius 3 is 2.89 bits per heavy atom. The number of nitrogens with zero attached hydrogens (tertiary/aromatic N) is 4. The minimum Gasteiger partial charge on any atom is -0.383 e. The lowest BCUT2D eigenvalue weighted by Gasteiger charge is -2.06. The molecule has 100 valence electrons. The molecule has 0 aliphatic carbocycles. The molecule has 0 N–H and O–H groups in total. The molecular formula is C12H14N4O3. The highest BCUT2D eigenvalue weighted by atomic mass is 16.6. The van der Waals surface area contributed by atoms with E-state index in [0.29, 0.717) is 24.5 Å². The lowest BCUT2D eigenvalue weighted by molar-refractivity contribution is -0.385. The van der Waals surface area contributed by atoms with E-state index in [1.165, 1.54) is 6.07 Å². The topological polar surface area (TPSA) is 83.1 Å². The fourth-order valence-corrected chi connectivity index (χ4v) is 1.83. The van der Waals surface area contributed by atoms with Crippen molar-refractivity contribution in [3.63, 3.8) is 0 Å². The molecule has 0 aliphatic rings. The summed E-state index contributed by atoms with van der Waals surface area (Å²) < 4.78 is 6.87. The van der Waals surface area contributed by atoms with E-state index in [0.717, 1.165) is 5.56 Å². The Balaban J connectivity index is 2.34. The molecular weight excluding hydrogens is 248 g/mol. The summed E-state index contributed by atoms with van der Waals surface area (Å²) in [6, 6.07) is 4.91. The third-order valence-corrected chi connectivity index (χ3v) is 2.80. The number of aryl methyl sites for hydroxylation is 1. The van der Waals surface area contributed by atoms with Crippen molar-refractivity contribution in [1.29, 1.82) is 0 Å². The molecule has 0 unspecified atom stereocenters. The van der Waals surface area contributed by atoms with Gasteiger partial charge in [0, 0.05) is 30.8 Å². The molecule has 0 saturated heterocycles. The molecule has 0 amide bonds. The van der Waals surface area contributed by atoms with Crippen LogP contribution in [0.2, 0.25) is 0 Å². The van der Waals surface area contributed by atoms with Crippen molar-refractivity contribution >= 4 is 5.69 Å². The summed E-state index contributed by atoms with van der Waals surface area (Å²) in [5, 5.41) is 18.7. The number of aromatic nitrogens is 3. The summed E-state index contributed by atoms with van der Waals surface area (Å²) in [6.07, 6.45) is 1.62. The molecule has 1 aromatic carbocycles. The van der Waals surface area contributed by atoms with Gasteiger partial charge in [0.2, 0.25) is 0 Å². The number of hydrogen-bond acceptors (Lipinski definition) is 5. The largest absolute Gasteiger partial charge is 0.383 e. The number of methoxy groups -OCH3 is 1. The minimum atomic E-state index is -0.394. The summed E-state index contributed by atoms with van der Waals surface area (Å²) in [7, 11) is 1.63. The first kappa shape index (κ1) is 13.2. The van der Waals surface area contributed by atoms with Crippen LogP contribution < -0.4 is 0 Å². The van der Waals surface area contributed by atoms with Gasteiger partial charge in [0.25, 0.3) is 5.69 Å². The predicted molar refractivity (Wildman–Crippen MR) is 68.7 cm³/mol. The van der Waals surface area contributed by atoms with Crippen LogP contribution in [0.25, 0.3) is 11.4 Å². The van der Waals surface area contributed by atoms with Gasteiger partial charge >= 0.3 is 0 Å². The Hall–Kier alpha value is -2.28. The van der Waals surface area contributed by atoms with E-state index < -0.39 is 4.92 Å². The van der Waals surface area contributed by atoms with Crippen LogP contribution in [0.4, 0.5) is 5.69 Å². The van der Waals surface area contributed by atoms with Gasteiger partial charge in [0.1, 0.15) is 6.33 Å². The van der Waals surface area contributed by atoms with Gasteiger partial charge in [-0.25, -0.2) is 0 Å². The van der Waals surface area contributed by atoms with Gasteiger partial charge in [-0.05, 0) is 19.1 Å². The maximum atomic E-state index is 10.8. The van der Waals surface area contributed by atoms with Crippen LogP contribution in [0.15, 0.2) is 24.5 Å². The quantitative estimate of drug-likeness (QED) is 0.606. The van der Waals surface area contributed by atoms with Crippen LogP contribution in [0, 0.1) is 17.0 Å². The molecule has 2 rings (SSSR count). The highest BCUT2D eigenvalue weighted by Gasteiger charge is 2.13. The second-order valence-corrected chi connectivity index (χ2v) is 4.10. The fourth-order valence-electron chi connectivity index (χ4n) is 1.83. The van der Waals surface area contributed by atoms with Crippen LogP contribution >= 0.6 is 0 Å². The number of ether oxygens (including phenoxy) is 1. The molecule has 0 fully saturated rings. The molecule has 0 aliphatic heterocycles. The van der Waals surface area contributed by atoms with Gasteiger partial charge in [0.05, 0.1) is 11.5 Å². The maximum Gasteiger partial charge on any atom is 0.272 e. The van der Waals surface area contributed by atoms with E-state index in [4.69, 9.17) is 4.74 Å². The van der Waals surface area contributed by atoms with E-state index in [1.54, 1.807) is 32.5 Å². The summed E-state index contributed by atoms with van der Waals surface area (Å²) in [6.45, 7) is 2.89. The summed E-state index contributed by atoms with van der Waals surface area (Å²) in [5.74, 6) is 0.676. The van der Waals surface area contributed by atoms with E-state index in [1.807, 2.05) is 4.57 Å². The molecule has 19 heavy (non-hydrogen) atoms. The van der Waals surface area contributed by atoms with E-state index in [-0.39, 0.29) is 5.69 Å². The van der Waals surface area contributed by atoms with Crippen LogP contribution in [0.3, 0.4) is 0 Å². The van der Waals surface area contributed by atoms with Crippen molar-refractivity contribution in [2.45, 2.75) is 13.5 Å². The SMILES string of the molecule is COCCn1cnnc1-c1ccc([N+](=O)[O-])c(C)c1. The molecule has 1 heterocycles. The third-order valence-electron chi connectivity index (χ3n) is 2.80. The molecule has 0 bridgehead atoms. The number of rotatable bonds is 5. The first-order chi connectivity index (χ1) is 9.13. The second-order valence-electron chi connectivity index (χ2n) is 4.10. The average molecular weight is 262 g/mol. The Kier molecular flexibility index (Phi) is 3.86. The number of benzene rings is 1. The van der Waals surface area contributed by atoms with Crippen molar-refractivity contribution in [2.24, 2.45) is 0 Å². The monoisotopic (exact) mass is 262 g/mol. The van der Waals surface area contributed by atoms with Crippen LogP contribution in [0.1, 0.15) is 5.56 Å². The second kappa shape index (κ2) is 5.57. The maximum absolute atomic E-state index is 10.8. The summed E-state index contributed by atoms with van der Waals surface area (Å²) >= 11 is 0. The molecule has 2 aromatic rings. The average Bonchev–Trinajstić information content (AvgIpc) is 2.83. The molecule has 1 aromatic heterocycles. The first-order valence-electron chi connectivity index (χ1n) is 5.75. The van der Waals surface area contributed by atoms with E-state index in [9.17, 15) is 10.1 Å². The number of nitro benzene ring substituents is 1. The smallest absolute Gasteiger partial charge is 0.272 e. The standard InChI is InChI=1S/C12H14N4O3/c1-9-7-10(3-4-11(9)16(17)18)12-14-13-8-15(12)5-6-19-2/h3-4,7-8H,5-6H2,1-2H3. The number of nitro groups is 1. The lowest BCUT2D eigenvalue weighted by Crippen LogP contribution is -2.05. The summed E-state index contributed by atoms with van der Waals surface area (Å²) in [5.41, 5.74) is 1.51. The Labute approximate surface area is 110 Å². The lowest BCUT2D eigenvalue weighted by atomic mass is 10.1. The van der Waals surface area contributed by atoms with Gasteiger partial charge in [-0.15, -0.1) is 10.2 Å². The van der Waals surface area contributed by atoms with Crippen LogP contribution in [0.5, 0.6) is 0 Å². The van der Waals surface area contributed by atoms with E-state index in [2.05, 4.69) is 10.2 Å². The van der Waals surface area contributed by atoms with Gasteiger partial charge in [0.15, 0.2) is 5.82 Å². The van der Waals surface area contributed by atoms with Crippen molar-refractivity contribution < 1.29 is 9.66 Å². The normalized spacial score (nSPS) is 10.6. The third kappa shape index (κ3) is 2.76. The van der Waals surface area contributed by atoms with Crippen molar-refractivity contribution in [2.75, 3.05) is 13.7 Å². The first-order valence-corrected chi connectivity index (χ1v) is 5.75. The zero-order valence-corrected chi connectivity index (χ0v) is 10.7. The molecule has 0 spiro atoms. The zero-order chi connectivity index (χ0) is 13.8. The Bertz CT molecular complexity index is 594. The predicted octanol–water partition coefficient (Wildman–Crippen LogP) is 1.81. The summed E-state index contributed by atoms with van der Waals surface area (Å²) in [4.78, 5) is 10.4. The van der Waals surface area contributed by atoms with Crippen molar-refractivity contribution in [3.05, 3.63) is 40.2 Å². The minimum absolute atomic E-state index is 0.103. The van der Waals surface area contributed by atoms with Gasteiger partial charge < -0.3 is 9.30 Å². The molecule has 7 nitrogen and oxygen atoms in total. The van der Waals surface area contributed by atoms with Crippen molar-refractivity contribution in [3.8, 4) is 11.4 Å². The van der Waals surface area contributed by atoms with Crippen molar-refractivity contribution in [1.82, 2.24) is 14.8 Å². The van der Waals surface area contributed by atoms with Crippen LogP contribution in [-0.2, 0) is 11.3 Å². The Morgan fingerprint density at radius 2 is 2.26 bits per heavy atom. The van der Waals surface area contributed by atoms with Gasteiger partial charge in [-0.2, -0.15) is 0 Å². The fraction of sp³-hybridized carbons (Fsp3) is 0.333. The zero-order valence-electron chi connectivity index (χ0n) is 10.7. The Morgan fingerprint density at radius 1 is 1.47 bits per heavy atom. The molecule has 0 saturated carbocycles. The van der Waals surface area contributed by atoms with Gasteiger partial charge in [-0.3, -0.25) is 10.1 Å².